The van der Waals surface area contributed by atoms with E-state index >= 15 is 0 Å². The molecular formula is C16H19ClFNS. The summed E-state index contributed by atoms with van der Waals surface area (Å²) in [7, 11) is 0. The minimum atomic E-state index is -0.360. The highest BCUT2D eigenvalue weighted by atomic mass is 35.5. The van der Waals surface area contributed by atoms with Gasteiger partial charge in [0, 0.05) is 10.9 Å². The summed E-state index contributed by atoms with van der Waals surface area (Å²) in [6.45, 7) is 5.17. The monoisotopic (exact) mass is 311 g/mol. The Bertz CT molecular complexity index is 567. The van der Waals surface area contributed by atoms with Crippen LogP contribution in [-0.4, -0.2) is 6.54 Å². The Morgan fingerprint density at radius 1 is 1.30 bits per heavy atom. The van der Waals surface area contributed by atoms with Crippen molar-refractivity contribution in [2.24, 2.45) is 0 Å². The molecule has 0 fully saturated rings. The van der Waals surface area contributed by atoms with Crippen LogP contribution in [0, 0.1) is 5.82 Å². The second kappa shape index (κ2) is 7.21. The van der Waals surface area contributed by atoms with E-state index in [0.717, 1.165) is 24.9 Å². The average Bonchev–Trinajstić information content (AvgIpc) is 2.90. The Hall–Kier alpha value is -0.900. The summed E-state index contributed by atoms with van der Waals surface area (Å²) >= 11 is 7.64. The van der Waals surface area contributed by atoms with Gasteiger partial charge in [0.2, 0.25) is 0 Å². The lowest BCUT2D eigenvalue weighted by atomic mass is 10.0. The van der Waals surface area contributed by atoms with Crippen molar-refractivity contribution in [3.05, 3.63) is 56.5 Å². The standard InChI is InChI=1S/C16H19ClFNS/c1-3-12-7-8-20-16(12)15(19-4-2)10-11-5-6-14(18)13(17)9-11/h5-9,15,19H,3-4,10H2,1-2H3. The number of nitrogens with one attached hydrogen (secondary N) is 1. The second-order valence-corrected chi connectivity index (χ2v) is 6.08. The van der Waals surface area contributed by atoms with Crippen LogP contribution < -0.4 is 5.32 Å². The van der Waals surface area contributed by atoms with Crippen LogP contribution in [-0.2, 0) is 12.8 Å². The van der Waals surface area contributed by atoms with Crippen molar-refractivity contribution in [1.82, 2.24) is 5.32 Å². The molecular weight excluding hydrogens is 293 g/mol. The Morgan fingerprint density at radius 3 is 2.75 bits per heavy atom. The minimum absolute atomic E-state index is 0.194. The predicted molar refractivity (Wildman–Crippen MR) is 85.2 cm³/mol. The highest BCUT2D eigenvalue weighted by Crippen LogP contribution is 2.28. The summed E-state index contributed by atoms with van der Waals surface area (Å²) in [5.41, 5.74) is 2.44. The number of thiophene rings is 1. The topological polar surface area (TPSA) is 12.0 Å². The largest absolute Gasteiger partial charge is 0.309 e. The van der Waals surface area contributed by atoms with Crippen molar-refractivity contribution in [3.8, 4) is 0 Å². The van der Waals surface area contributed by atoms with E-state index < -0.39 is 0 Å². The molecule has 2 rings (SSSR count). The molecule has 1 atom stereocenters. The number of benzene rings is 1. The van der Waals surface area contributed by atoms with Gasteiger partial charge in [-0.2, -0.15) is 0 Å². The molecule has 1 N–H and O–H groups in total. The Labute approximate surface area is 128 Å². The number of hydrogen-bond acceptors (Lipinski definition) is 2. The molecule has 1 unspecified atom stereocenters. The fraction of sp³-hybridized carbons (Fsp3) is 0.375. The highest BCUT2D eigenvalue weighted by molar-refractivity contribution is 7.10. The predicted octanol–water partition coefficient (Wildman–Crippen LogP) is 5.00. The number of rotatable bonds is 6. The fourth-order valence-electron chi connectivity index (χ4n) is 2.35. The van der Waals surface area contributed by atoms with Crippen LogP contribution in [0.2, 0.25) is 5.02 Å². The Kier molecular flexibility index (Phi) is 5.58. The lowest BCUT2D eigenvalue weighted by molar-refractivity contribution is 0.553. The molecule has 0 saturated carbocycles. The van der Waals surface area contributed by atoms with Crippen LogP contribution in [0.5, 0.6) is 0 Å². The first kappa shape index (κ1) is 15.5. The van der Waals surface area contributed by atoms with Crippen LogP contribution >= 0.6 is 22.9 Å². The molecule has 20 heavy (non-hydrogen) atoms. The van der Waals surface area contributed by atoms with Gasteiger partial charge < -0.3 is 5.32 Å². The zero-order valence-corrected chi connectivity index (χ0v) is 13.3. The summed E-state index contributed by atoms with van der Waals surface area (Å²) in [4.78, 5) is 1.37. The smallest absolute Gasteiger partial charge is 0.141 e. The zero-order chi connectivity index (χ0) is 14.5. The number of hydrogen-bond donors (Lipinski definition) is 1. The molecule has 108 valence electrons. The van der Waals surface area contributed by atoms with E-state index in [2.05, 4.69) is 30.6 Å². The summed E-state index contributed by atoms with van der Waals surface area (Å²) in [6.07, 6.45) is 1.85. The van der Waals surface area contributed by atoms with Gasteiger partial charge in [0.05, 0.1) is 5.02 Å². The number of aryl methyl sites for hydroxylation is 1. The van der Waals surface area contributed by atoms with E-state index in [9.17, 15) is 4.39 Å². The van der Waals surface area contributed by atoms with Crippen molar-refractivity contribution in [2.45, 2.75) is 32.7 Å². The first-order chi connectivity index (χ1) is 9.65. The first-order valence-electron chi connectivity index (χ1n) is 6.89. The molecule has 1 heterocycles. The molecule has 0 saturated heterocycles. The van der Waals surface area contributed by atoms with Crippen molar-refractivity contribution in [2.75, 3.05) is 6.54 Å². The van der Waals surface area contributed by atoms with E-state index in [-0.39, 0.29) is 16.9 Å². The van der Waals surface area contributed by atoms with Gasteiger partial charge in [-0.3, -0.25) is 0 Å². The third-order valence-electron chi connectivity index (χ3n) is 3.35. The third-order valence-corrected chi connectivity index (χ3v) is 4.71. The third kappa shape index (κ3) is 3.60. The van der Waals surface area contributed by atoms with E-state index in [0.29, 0.717) is 0 Å². The van der Waals surface area contributed by atoms with Crippen molar-refractivity contribution in [1.29, 1.82) is 0 Å². The van der Waals surface area contributed by atoms with E-state index in [4.69, 9.17) is 11.6 Å². The molecule has 1 nitrogen and oxygen atoms in total. The molecule has 0 bridgehead atoms. The molecule has 0 amide bonds. The Morgan fingerprint density at radius 2 is 2.10 bits per heavy atom. The van der Waals surface area contributed by atoms with Gasteiger partial charge >= 0.3 is 0 Å². The van der Waals surface area contributed by atoms with Crippen LogP contribution in [0.25, 0.3) is 0 Å². The molecule has 4 heteroatoms. The van der Waals surface area contributed by atoms with Gasteiger partial charge in [-0.1, -0.05) is 31.5 Å². The second-order valence-electron chi connectivity index (χ2n) is 4.73. The maximum Gasteiger partial charge on any atom is 0.141 e. The van der Waals surface area contributed by atoms with E-state index in [1.165, 1.54) is 16.5 Å². The number of likely N-dealkylation sites (N-methyl/N-ethyl adjacent to an activating group) is 1. The zero-order valence-electron chi connectivity index (χ0n) is 11.7. The van der Waals surface area contributed by atoms with Gasteiger partial charge in [0.15, 0.2) is 0 Å². The molecule has 0 aliphatic heterocycles. The van der Waals surface area contributed by atoms with Crippen molar-refractivity contribution >= 4 is 22.9 Å². The molecule has 0 aliphatic rings. The summed E-state index contributed by atoms with van der Waals surface area (Å²) in [5.74, 6) is -0.360. The molecule has 1 aromatic carbocycles. The van der Waals surface area contributed by atoms with Gasteiger partial charge in [0.25, 0.3) is 0 Å². The van der Waals surface area contributed by atoms with Crippen LogP contribution in [0.15, 0.2) is 29.6 Å². The first-order valence-corrected chi connectivity index (χ1v) is 8.15. The van der Waals surface area contributed by atoms with Gasteiger partial charge in [-0.05, 0) is 54.1 Å². The maximum atomic E-state index is 13.2. The summed E-state index contributed by atoms with van der Waals surface area (Å²) in [6, 6.07) is 7.42. The van der Waals surface area contributed by atoms with Gasteiger partial charge in [-0.15, -0.1) is 11.3 Å². The fourth-order valence-corrected chi connectivity index (χ4v) is 3.63. The highest BCUT2D eigenvalue weighted by Gasteiger charge is 2.16. The van der Waals surface area contributed by atoms with Crippen molar-refractivity contribution < 1.29 is 4.39 Å². The van der Waals surface area contributed by atoms with Crippen LogP contribution in [0.1, 0.15) is 35.9 Å². The SMILES string of the molecule is CCNC(Cc1ccc(F)c(Cl)c1)c1sccc1CC. The maximum absolute atomic E-state index is 13.2. The van der Waals surface area contributed by atoms with Crippen LogP contribution in [0.3, 0.4) is 0 Å². The molecule has 0 radical (unpaired) electrons. The lowest BCUT2D eigenvalue weighted by Gasteiger charge is -2.18. The minimum Gasteiger partial charge on any atom is -0.309 e. The van der Waals surface area contributed by atoms with E-state index in [1.807, 2.05) is 6.07 Å². The van der Waals surface area contributed by atoms with Gasteiger partial charge in [-0.25, -0.2) is 4.39 Å². The molecule has 2 aromatic rings. The Balaban J connectivity index is 2.23. The summed E-state index contributed by atoms with van der Waals surface area (Å²) < 4.78 is 13.2. The van der Waals surface area contributed by atoms with E-state index in [1.54, 1.807) is 17.4 Å². The summed E-state index contributed by atoms with van der Waals surface area (Å²) in [5, 5.41) is 5.85. The molecule has 1 aromatic heterocycles. The quantitative estimate of drug-likeness (QED) is 0.792. The lowest BCUT2D eigenvalue weighted by Crippen LogP contribution is -2.23. The number of halogens is 2. The molecule has 0 spiro atoms. The average molecular weight is 312 g/mol. The normalized spacial score (nSPS) is 12.6. The molecule has 0 aliphatic carbocycles. The van der Waals surface area contributed by atoms with Crippen molar-refractivity contribution in [3.63, 3.8) is 0 Å². The van der Waals surface area contributed by atoms with Gasteiger partial charge in [0.1, 0.15) is 5.82 Å². The van der Waals surface area contributed by atoms with Crippen LogP contribution in [0.4, 0.5) is 4.39 Å².